The topological polar surface area (TPSA) is 43.8 Å². The van der Waals surface area contributed by atoms with E-state index in [9.17, 15) is 0 Å². The zero-order chi connectivity index (χ0) is 8.27. The first-order chi connectivity index (χ1) is 5.24. The molecule has 0 aliphatic rings. The molecule has 0 aliphatic carbocycles. The normalized spacial score (nSPS) is 10.0. The van der Waals surface area contributed by atoms with Gasteiger partial charge >= 0.3 is 0 Å². The van der Waals surface area contributed by atoms with E-state index in [1.54, 1.807) is 0 Å². The number of hydrogen-bond donors (Lipinski definition) is 1. The summed E-state index contributed by atoms with van der Waals surface area (Å²) in [5.74, 6) is 0. The molecular weight excluding hydrogens is 174 g/mol. The zero-order valence-corrected chi connectivity index (χ0v) is 8.34. The summed E-state index contributed by atoms with van der Waals surface area (Å²) < 4.78 is 1.95. The van der Waals surface area contributed by atoms with E-state index >= 15 is 0 Å². The molecule has 0 spiro atoms. The summed E-state index contributed by atoms with van der Waals surface area (Å²) >= 11 is 0. The number of nitrogens with two attached hydrogens (primary N) is 1. The predicted molar refractivity (Wildman–Crippen MR) is 52.6 cm³/mol. The van der Waals surface area contributed by atoms with Crippen LogP contribution in [0.2, 0.25) is 0 Å². The van der Waals surface area contributed by atoms with Gasteiger partial charge in [-0.1, -0.05) is 0 Å². The minimum Gasteiger partial charge on any atom is -0.330 e. The number of aromatic nitrogens is 2. The van der Waals surface area contributed by atoms with Crippen LogP contribution in [0.3, 0.4) is 0 Å². The highest BCUT2D eigenvalue weighted by Crippen LogP contribution is 2.03. The molecule has 0 unspecified atom stereocenters. The summed E-state index contributed by atoms with van der Waals surface area (Å²) in [4.78, 5) is 0. The maximum Gasteiger partial charge on any atom is 0.0637 e. The quantitative estimate of drug-likeness (QED) is 0.781. The zero-order valence-electron chi connectivity index (χ0n) is 7.53. The van der Waals surface area contributed by atoms with Crippen molar-refractivity contribution in [2.45, 2.75) is 26.3 Å². The third kappa shape index (κ3) is 2.83. The van der Waals surface area contributed by atoms with Gasteiger partial charge in [0.05, 0.1) is 5.69 Å². The van der Waals surface area contributed by atoms with Gasteiger partial charge in [0.2, 0.25) is 0 Å². The molecule has 0 aromatic carbocycles. The molecule has 1 rings (SSSR count). The Morgan fingerprint density at radius 3 is 2.67 bits per heavy atom. The fourth-order valence-corrected chi connectivity index (χ4v) is 0.946. The molecule has 0 bridgehead atoms. The number of halogens is 1. The van der Waals surface area contributed by atoms with Crippen LogP contribution >= 0.6 is 12.4 Å². The Labute approximate surface area is 79.4 Å². The molecule has 0 fully saturated rings. The Morgan fingerprint density at radius 1 is 1.58 bits per heavy atom. The van der Waals surface area contributed by atoms with Gasteiger partial charge in [-0.05, 0) is 26.5 Å². The molecule has 0 saturated heterocycles. The van der Waals surface area contributed by atoms with Crippen molar-refractivity contribution in [1.82, 2.24) is 9.78 Å². The molecule has 1 aromatic rings. The van der Waals surface area contributed by atoms with Crippen molar-refractivity contribution in [1.29, 1.82) is 0 Å². The molecule has 1 aromatic heterocycles. The molecular formula is C8H16ClN3. The van der Waals surface area contributed by atoms with Gasteiger partial charge < -0.3 is 5.73 Å². The van der Waals surface area contributed by atoms with E-state index in [0.717, 1.165) is 12.1 Å². The summed E-state index contributed by atoms with van der Waals surface area (Å²) in [6.07, 6.45) is 2.87. The molecule has 0 radical (unpaired) electrons. The standard InChI is InChI=1S/C8H15N3.ClH/c1-7(2)11-6-4-8(10-11)3-5-9;/h4,6-7H,3,5,9H2,1-2H3;1H. The molecule has 0 atom stereocenters. The highest BCUT2D eigenvalue weighted by molar-refractivity contribution is 5.85. The van der Waals surface area contributed by atoms with Crippen LogP contribution in [0.1, 0.15) is 25.6 Å². The van der Waals surface area contributed by atoms with Crippen LogP contribution in [0.5, 0.6) is 0 Å². The minimum atomic E-state index is 0. The van der Waals surface area contributed by atoms with Crippen molar-refractivity contribution < 1.29 is 0 Å². The fraction of sp³-hybridized carbons (Fsp3) is 0.625. The second kappa shape index (κ2) is 5.17. The van der Waals surface area contributed by atoms with E-state index < -0.39 is 0 Å². The van der Waals surface area contributed by atoms with Crippen LogP contribution in [0, 0.1) is 0 Å². The maximum atomic E-state index is 5.40. The van der Waals surface area contributed by atoms with Gasteiger partial charge in [-0.25, -0.2) is 0 Å². The second-order valence-electron chi connectivity index (χ2n) is 2.92. The Morgan fingerprint density at radius 2 is 2.25 bits per heavy atom. The van der Waals surface area contributed by atoms with Gasteiger partial charge in [-0.15, -0.1) is 12.4 Å². The molecule has 0 amide bonds. The lowest BCUT2D eigenvalue weighted by Crippen LogP contribution is -2.05. The fourth-order valence-electron chi connectivity index (χ4n) is 0.946. The third-order valence-corrected chi connectivity index (χ3v) is 1.59. The van der Waals surface area contributed by atoms with Crippen molar-refractivity contribution >= 4 is 12.4 Å². The van der Waals surface area contributed by atoms with Gasteiger partial charge in [0, 0.05) is 18.7 Å². The van der Waals surface area contributed by atoms with E-state index in [1.807, 2.05) is 16.9 Å². The number of rotatable bonds is 3. The second-order valence-corrected chi connectivity index (χ2v) is 2.92. The predicted octanol–water partition coefficient (Wildman–Crippen LogP) is 1.39. The molecule has 3 nitrogen and oxygen atoms in total. The first kappa shape index (κ1) is 11.5. The smallest absolute Gasteiger partial charge is 0.0637 e. The van der Waals surface area contributed by atoms with Gasteiger partial charge in [0.15, 0.2) is 0 Å². The van der Waals surface area contributed by atoms with Crippen molar-refractivity contribution in [2.24, 2.45) is 5.73 Å². The Bertz CT molecular complexity index is 220. The average Bonchev–Trinajstić information content (AvgIpc) is 2.37. The van der Waals surface area contributed by atoms with Gasteiger partial charge in [-0.3, -0.25) is 4.68 Å². The SMILES string of the molecule is CC(C)n1ccc(CCN)n1.Cl. The van der Waals surface area contributed by atoms with Crippen LogP contribution in [0.25, 0.3) is 0 Å². The first-order valence-corrected chi connectivity index (χ1v) is 3.98. The van der Waals surface area contributed by atoms with Crippen LogP contribution in [0.4, 0.5) is 0 Å². The van der Waals surface area contributed by atoms with E-state index in [4.69, 9.17) is 5.73 Å². The molecule has 2 N–H and O–H groups in total. The lowest BCUT2D eigenvalue weighted by Gasteiger charge is -2.03. The number of hydrogen-bond acceptors (Lipinski definition) is 2. The Balaban J connectivity index is 0.00000121. The average molecular weight is 190 g/mol. The molecule has 4 heteroatoms. The van der Waals surface area contributed by atoms with Gasteiger partial charge in [0.1, 0.15) is 0 Å². The van der Waals surface area contributed by atoms with E-state index in [1.165, 1.54) is 0 Å². The Kier molecular flexibility index (Phi) is 4.93. The summed E-state index contributed by atoms with van der Waals surface area (Å²) in [5, 5.41) is 4.34. The monoisotopic (exact) mass is 189 g/mol. The largest absolute Gasteiger partial charge is 0.330 e. The van der Waals surface area contributed by atoms with Crippen LogP contribution in [-0.2, 0) is 6.42 Å². The maximum absolute atomic E-state index is 5.40. The summed E-state index contributed by atoms with van der Waals surface area (Å²) in [6, 6.07) is 2.47. The van der Waals surface area contributed by atoms with Crippen molar-refractivity contribution in [3.8, 4) is 0 Å². The lowest BCUT2D eigenvalue weighted by atomic mass is 10.3. The van der Waals surface area contributed by atoms with Crippen molar-refractivity contribution in [3.63, 3.8) is 0 Å². The number of nitrogens with zero attached hydrogens (tertiary/aromatic N) is 2. The molecule has 12 heavy (non-hydrogen) atoms. The van der Waals surface area contributed by atoms with Crippen molar-refractivity contribution in [3.05, 3.63) is 18.0 Å². The van der Waals surface area contributed by atoms with Crippen LogP contribution in [-0.4, -0.2) is 16.3 Å². The van der Waals surface area contributed by atoms with Gasteiger partial charge in [0.25, 0.3) is 0 Å². The van der Waals surface area contributed by atoms with Crippen LogP contribution in [0.15, 0.2) is 12.3 Å². The Hall–Kier alpha value is -0.540. The van der Waals surface area contributed by atoms with Crippen LogP contribution < -0.4 is 5.73 Å². The van der Waals surface area contributed by atoms with E-state index in [0.29, 0.717) is 12.6 Å². The molecule has 0 saturated carbocycles. The highest BCUT2D eigenvalue weighted by atomic mass is 35.5. The summed E-state index contributed by atoms with van der Waals surface area (Å²) in [6.45, 7) is 4.90. The first-order valence-electron chi connectivity index (χ1n) is 3.98. The lowest BCUT2D eigenvalue weighted by molar-refractivity contribution is 0.526. The molecule has 70 valence electrons. The summed E-state index contributed by atoms with van der Waals surface area (Å²) in [5.41, 5.74) is 6.48. The third-order valence-electron chi connectivity index (χ3n) is 1.59. The molecule has 1 heterocycles. The van der Waals surface area contributed by atoms with E-state index in [-0.39, 0.29) is 12.4 Å². The highest BCUT2D eigenvalue weighted by Gasteiger charge is 1.99. The summed E-state index contributed by atoms with van der Waals surface area (Å²) in [7, 11) is 0. The van der Waals surface area contributed by atoms with E-state index in [2.05, 4.69) is 18.9 Å². The molecule has 0 aliphatic heterocycles. The van der Waals surface area contributed by atoms with Gasteiger partial charge in [-0.2, -0.15) is 5.10 Å². The minimum absolute atomic E-state index is 0. The van der Waals surface area contributed by atoms with Crippen molar-refractivity contribution in [2.75, 3.05) is 6.54 Å².